The lowest BCUT2D eigenvalue weighted by Gasteiger charge is -2.23. The van der Waals surface area contributed by atoms with Crippen molar-refractivity contribution in [3.63, 3.8) is 0 Å². The second kappa shape index (κ2) is 6.47. The molecule has 0 aliphatic carbocycles. The minimum Gasteiger partial charge on any atom is -0.372 e. The second-order valence-electron chi connectivity index (χ2n) is 4.22. The van der Waals surface area contributed by atoms with Crippen molar-refractivity contribution in [2.45, 2.75) is 19.4 Å². The van der Waals surface area contributed by atoms with Gasteiger partial charge < -0.3 is 10.2 Å². The number of nitro groups is 1. The summed E-state index contributed by atoms with van der Waals surface area (Å²) in [4.78, 5) is 27.7. The predicted octanol–water partition coefficient (Wildman–Crippen LogP) is 1.41. The van der Waals surface area contributed by atoms with Crippen molar-refractivity contribution in [3.05, 3.63) is 27.9 Å². The van der Waals surface area contributed by atoms with Crippen LogP contribution in [0.4, 0.5) is 11.5 Å². The number of nitrogens with one attached hydrogen (secondary N) is 1. The fraction of sp³-hybridized carbons (Fsp3) is 0.417. The monoisotopic (exact) mass is 277 g/mol. The first-order valence-corrected chi connectivity index (χ1v) is 5.88. The fourth-order valence-electron chi connectivity index (χ4n) is 1.58. The zero-order valence-electron chi connectivity index (χ0n) is 11.5. The molecule has 0 aliphatic heterocycles. The number of hydrogen-bond donors (Lipinski definition) is 1. The van der Waals surface area contributed by atoms with E-state index in [1.54, 1.807) is 21.0 Å². The van der Waals surface area contributed by atoms with Gasteiger partial charge in [-0.1, -0.05) is 0 Å². The summed E-state index contributed by atoms with van der Waals surface area (Å²) in [5, 5.41) is 22.1. The summed E-state index contributed by atoms with van der Waals surface area (Å²) in [7, 11) is 3.12. The molecule has 1 aromatic heterocycles. The second-order valence-corrected chi connectivity index (χ2v) is 4.22. The average Bonchev–Trinajstić information content (AvgIpc) is 2.45. The first-order valence-electron chi connectivity index (χ1n) is 5.88. The van der Waals surface area contributed by atoms with Crippen LogP contribution in [-0.2, 0) is 0 Å². The lowest BCUT2D eigenvalue weighted by Crippen LogP contribution is -2.35. The maximum Gasteiger partial charge on any atom is 0.288 e. The largest absolute Gasteiger partial charge is 0.372 e. The van der Waals surface area contributed by atoms with E-state index in [9.17, 15) is 14.9 Å². The van der Waals surface area contributed by atoms with Crippen molar-refractivity contribution in [2.75, 3.05) is 19.4 Å². The Hall–Kier alpha value is -2.69. The lowest BCUT2D eigenvalue weighted by molar-refractivity contribution is -0.385. The summed E-state index contributed by atoms with van der Waals surface area (Å²) in [6.07, 6.45) is 1.26. The molecular formula is C12H15N5O3. The molecule has 8 nitrogen and oxygen atoms in total. The number of pyridine rings is 1. The number of nitrogens with zero attached hydrogens (tertiary/aromatic N) is 4. The Morgan fingerprint density at radius 2 is 2.35 bits per heavy atom. The number of nitriles is 1. The normalized spacial score (nSPS) is 11.3. The van der Waals surface area contributed by atoms with Gasteiger partial charge in [0.25, 0.3) is 11.6 Å². The molecule has 1 amide bonds. The van der Waals surface area contributed by atoms with Gasteiger partial charge in [0.15, 0.2) is 0 Å². The maximum atomic E-state index is 12.3. The van der Waals surface area contributed by atoms with Crippen molar-refractivity contribution < 1.29 is 9.72 Å². The van der Waals surface area contributed by atoms with Gasteiger partial charge in [-0.25, -0.2) is 4.98 Å². The number of hydrogen-bond acceptors (Lipinski definition) is 6. The van der Waals surface area contributed by atoms with Gasteiger partial charge in [-0.2, -0.15) is 5.26 Å². The molecule has 8 heteroatoms. The third-order valence-electron chi connectivity index (χ3n) is 2.92. The molecule has 0 aliphatic rings. The molecule has 1 aromatic rings. The molecule has 1 unspecified atom stereocenters. The van der Waals surface area contributed by atoms with Crippen LogP contribution in [0.5, 0.6) is 0 Å². The number of rotatable bonds is 5. The van der Waals surface area contributed by atoms with Crippen molar-refractivity contribution in [3.8, 4) is 6.07 Å². The molecule has 1 heterocycles. The molecule has 1 N–H and O–H groups in total. The van der Waals surface area contributed by atoms with Gasteiger partial charge in [-0.15, -0.1) is 0 Å². The molecule has 1 rings (SSSR count). The molecule has 0 aromatic carbocycles. The molecular weight excluding hydrogens is 262 g/mol. The van der Waals surface area contributed by atoms with Crippen LogP contribution in [0, 0.1) is 21.4 Å². The van der Waals surface area contributed by atoms with Crippen LogP contribution in [-0.4, -0.2) is 40.9 Å². The van der Waals surface area contributed by atoms with Crippen LogP contribution in [0.15, 0.2) is 12.3 Å². The molecule has 20 heavy (non-hydrogen) atoms. The summed E-state index contributed by atoms with van der Waals surface area (Å²) in [5.74, 6) is -0.162. The minimum atomic E-state index is -0.609. The molecule has 0 saturated carbocycles. The minimum absolute atomic E-state index is 0.106. The Kier molecular flexibility index (Phi) is 4.97. The van der Waals surface area contributed by atoms with Gasteiger partial charge in [0.1, 0.15) is 12.0 Å². The van der Waals surface area contributed by atoms with E-state index in [0.717, 1.165) is 6.20 Å². The summed E-state index contributed by atoms with van der Waals surface area (Å²) < 4.78 is 0. The zero-order chi connectivity index (χ0) is 15.3. The van der Waals surface area contributed by atoms with Gasteiger partial charge in [0.05, 0.1) is 23.0 Å². The van der Waals surface area contributed by atoms with E-state index in [4.69, 9.17) is 5.26 Å². The number of anilines is 1. The molecule has 0 radical (unpaired) electrons. The molecule has 0 saturated heterocycles. The van der Waals surface area contributed by atoms with Crippen LogP contribution in [0.2, 0.25) is 0 Å². The molecule has 0 bridgehead atoms. The van der Waals surface area contributed by atoms with Crippen molar-refractivity contribution in [1.82, 2.24) is 9.88 Å². The van der Waals surface area contributed by atoms with E-state index in [2.05, 4.69) is 10.3 Å². The summed E-state index contributed by atoms with van der Waals surface area (Å²) in [6.45, 7) is 1.73. The first-order chi connectivity index (χ1) is 9.42. The number of carbonyl (C=O) groups excluding carboxylic acids is 1. The third kappa shape index (κ3) is 3.20. The summed E-state index contributed by atoms with van der Waals surface area (Å²) >= 11 is 0. The van der Waals surface area contributed by atoms with Gasteiger partial charge in [0.2, 0.25) is 0 Å². The maximum absolute atomic E-state index is 12.3. The van der Waals surface area contributed by atoms with Gasteiger partial charge >= 0.3 is 0 Å². The molecule has 106 valence electrons. The van der Waals surface area contributed by atoms with E-state index in [-0.39, 0.29) is 29.5 Å². The van der Waals surface area contributed by atoms with Crippen molar-refractivity contribution >= 4 is 17.4 Å². The van der Waals surface area contributed by atoms with E-state index in [1.165, 1.54) is 11.0 Å². The highest BCUT2D eigenvalue weighted by molar-refractivity contribution is 5.99. The molecule has 0 spiro atoms. The highest BCUT2D eigenvalue weighted by atomic mass is 16.6. The van der Waals surface area contributed by atoms with Gasteiger partial charge in [-0.3, -0.25) is 14.9 Å². The van der Waals surface area contributed by atoms with Crippen molar-refractivity contribution in [2.24, 2.45) is 0 Å². The van der Waals surface area contributed by atoms with Crippen LogP contribution in [0.25, 0.3) is 0 Å². The Morgan fingerprint density at radius 1 is 1.70 bits per heavy atom. The smallest absolute Gasteiger partial charge is 0.288 e. The highest BCUT2D eigenvalue weighted by Gasteiger charge is 2.23. The number of carbonyl (C=O) groups is 1. The topological polar surface area (TPSA) is 112 Å². The standard InChI is InChI=1S/C12H15N5O3/c1-8(4-5-13)16(3)12(18)10-6-9(17(19)20)7-15-11(10)14-2/h6-8H,4H2,1-3H3,(H,14,15). The zero-order valence-corrected chi connectivity index (χ0v) is 11.5. The lowest BCUT2D eigenvalue weighted by atomic mass is 10.1. The average molecular weight is 277 g/mol. The summed E-state index contributed by atoms with van der Waals surface area (Å²) in [6, 6.07) is 2.86. The van der Waals surface area contributed by atoms with Crippen LogP contribution in [0.3, 0.4) is 0 Å². The first kappa shape index (κ1) is 15.4. The molecule has 1 atom stereocenters. The Balaban J connectivity index is 3.16. The quantitative estimate of drug-likeness (QED) is 0.643. The van der Waals surface area contributed by atoms with E-state index in [1.807, 2.05) is 6.07 Å². The number of amides is 1. The fourth-order valence-corrected chi connectivity index (χ4v) is 1.58. The summed E-state index contributed by atoms with van der Waals surface area (Å²) in [5.41, 5.74) is -0.150. The van der Waals surface area contributed by atoms with E-state index < -0.39 is 10.8 Å². The van der Waals surface area contributed by atoms with E-state index >= 15 is 0 Å². The molecule has 0 fully saturated rings. The third-order valence-corrected chi connectivity index (χ3v) is 2.92. The van der Waals surface area contributed by atoms with Crippen LogP contribution in [0.1, 0.15) is 23.7 Å². The Morgan fingerprint density at radius 3 is 2.85 bits per heavy atom. The highest BCUT2D eigenvalue weighted by Crippen LogP contribution is 2.21. The Labute approximate surface area is 116 Å². The van der Waals surface area contributed by atoms with E-state index in [0.29, 0.717) is 0 Å². The Bertz CT molecular complexity index is 567. The predicted molar refractivity (Wildman–Crippen MR) is 72.2 cm³/mol. The SMILES string of the molecule is CNc1ncc([N+](=O)[O-])cc1C(=O)N(C)C(C)CC#N. The van der Waals surface area contributed by atoms with Crippen molar-refractivity contribution in [1.29, 1.82) is 5.26 Å². The van der Waals surface area contributed by atoms with Crippen LogP contribution < -0.4 is 5.32 Å². The number of aromatic nitrogens is 1. The van der Waals surface area contributed by atoms with Gasteiger partial charge in [-0.05, 0) is 6.92 Å². The van der Waals surface area contributed by atoms with Gasteiger partial charge in [0, 0.05) is 26.2 Å². The van der Waals surface area contributed by atoms with Crippen LogP contribution >= 0.6 is 0 Å².